The molecule has 0 atom stereocenters. The minimum absolute atomic E-state index is 0.112. The standard InChI is InChI=1S/C26H22O5S/c1-30-18-31-23-14-12-19(13-15-23)22-16-24(20-8-4-2-5-9-20)26(32(27,28)29)25(17-22)21-10-6-3-7-11-21/h2-17H,18H2,1H3,(H,27,28,29). The van der Waals surface area contributed by atoms with E-state index in [0.29, 0.717) is 28.0 Å². The first kappa shape index (κ1) is 21.8. The lowest BCUT2D eigenvalue weighted by atomic mass is 9.93. The lowest BCUT2D eigenvalue weighted by Crippen LogP contribution is -2.04. The van der Waals surface area contributed by atoms with E-state index in [1.54, 1.807) is 19.2 Å². The zero-order valence-electron chi connectivity index (χ0n) is 17.4. The average Bonchev–Trinajstić information content (AvgIpc) is 2.83. The summed E-state index contributed by atoms with van der Waals surface area (Å²) in [5.74, 6) is 0.664. The van der Waals surface area contributed by atoms with Gasteiger partial charge in [-0.3, -0.25) is 4.55 Å². The highest BCUT2D eigenvalue weighted by Gasteiger charge is 2.24. The summed E-state index contributed by atoms with van der Waals surface area (Å²) in [6.07, 6.45) is 0. The Morgan fingerprint density at radius 2 is 1.19 bits per heavy atom. The maximum atomic E-state index is 12.5. The summed E-state index contributed by atoms with van der Waals surface area (Å²) < 4.78 is 45.7. The van der Waals surface area contributed by atoms with E-state index in [1.165, 1.54) is 0 Å². The van der Waals surface area contributed by atoms with Gasteiger partial charge < -0.3 is 9.47 Å². The van der Waals surface area contributed by atoms with Gasteiger partial charge in [-0.05, 0) is 46.5 Å². The maximum absolute atomic E-state index is 12.5. The van der Waals surface area contributed by atoms with Crippen molar-refractivity contribution in [1.82, 2.24) is 0 Å². The largest absolute Gasteiger partial charge is 0.468 e. The monoisotopic (exact) mass is 446 g/mol. The van der Waals surface area contributed by atoms with Crippen LogP contribution in [0.5, 0.6) is 5.75 Å². The molecule has 5 nitrogen and oxygen atoms in total. The molecule has 0 spiro atoms. The van der Waals surface area contributed by atoms with Gasteiger partial charge in [-0.1, -0.05) is 72.8 Å². The van der Waals surface area contributed by atoms with Crippen LogP contribution >= 0.6 is 0 Å². The molecule has 0 fully saturated rings. The zero-order chi connectivity index (χ0) is 22.6. The van der Waals surface area contributed by atoms with Gasteiger partial charge in [0, 0.05) is 18.2 Å². The molecule has 162 valence electrons. The van der Waals surface area contributed by atoms with Crippen molar-refractivity contribution in [3.63, 3.8) is 0 Å². The number of benzene rings is 4. The highest BCUT2D eigenvalue weighted by Crippen LogP contribution is 2.40. The zero-order valence-corrected chi connectivity index (χ0v) is 18.2. The third kappa shape index (κ3) is 4.73. The van der Waals surface area contributed by atoms with E-state index in [-0.39, 0.29) is 11.7 Å². The second kappa shape index (κ2) is 9.36. The molecule has 0 bridgehead atoms. The highest BCUT2D eigenvalue weighted by molar-refractivity contribution is 7.86. The Labute approximate surface area is 187 Å². The Hall–Kier alpha value is -3.45. The van der Waals surface area contributed by atoms with Crippen molar-refractivity contribution >= 4 is 10.1 Å². The summed E-state index contributed by atoms with van der Waals surface area (Å²) in [6.45, 7) is 0.152. The molecule has 0 aromatic heterocycles. The van der Waals surface area contributed by atoms with E-state index >= 15 is 0 Å². The van der Waals surface area contributed by atoms with Crippen LogP contribution in [0.3, 0.4) is 0 Å². The fraction of sp³-hybridized carbons (Fsp3) is 0.0769. The SMILES string of the molecule is COCOc1ccc(-c2cc(-c3ccccc3)c(S(=O)(=O)O)c(-c3ccccc3)c2)cc1. The second-order valence-corrected chi connectivity index (χ2v) is 8.54. The van der Waals surface area contributed by atoms with Gasteiger partial charge in [-0.15, -0.1) is 0 Å². The molecule has 0 radical (unpaired) electrons. The van der Waals surface area contributed by atoms with Crippen LogP contribution in [-0.4, -0.2) is 26.9 Å². The van der Waals surface area contributed by atoms with Crippen LogP contribution in [0, 0.1) is 0 Å². The van der Waals surface area contributed by atoms with E-state index in [0.717, 1.165) is 11.1 Å². The predicted octanol–water partition coefficient (Wildman–Crippen LogP) is 5.92. The summed E-state index contributed by atoms with van der Waals surface area (Å²) in [5.41, 5.74) is 3.95. The molecule has 0 aliphatic rings. The van der Waals surface area contributed by atoms with E-state index in [2.05, 4.69) is 0 Å². The number of ether oxygens (including phenoxy) is 2. The van der Waals surface area contributed by atoms with Crippen LogP contribution in [0.4, 0.5) is 0 Å². The molecule has 0 heterocycles. The first-order valence-electron chi connectivity index (χ1n) is 9.96. The van der Waals surface area contributed by atoms with Gasteiger partial charge in [0.1, 0.15) is 10.6 Å². The fourth-order valence-corrected chi connectivity index (χ4v) is 4.52. The molecule has 0 unspecified atom stereocenters. The van der Waals surface area contributed by atoms with Crippen LogP contribution in [0.2, 0.25) is 0 Å². The first-order chi connectivity index (χ1) is 15.5. The highest BCUT2D eigenvalue weighted by atomic mass is 32.2. The summed E-state index contributed by atoms with van der Waals surface area (Å²) in [5, 5.41) is 0. The minimum atomic E-state index is -4.51. The Bertz CT molecular complexity index is 1240. The van der Waals surface area contributed by atoms with Gasteiger partial charge in [0.15, 0.2) is 6.79 Å². The number of methoxy groups -OCH3 is 1. The number of rotatable bonds is 7. The Balaban J connectivity index is 1.96. The van der Waals surface area contributed by atoms with Crippen LogP contribution in [-0.2, 0) is 14.9 Å². The Morgan fingerprint density at radius 3 is 1.62 bits per heavy atom. The summed E-state index contributed by atoms with van der Waals surface area (Å²) in [7, 11) is -2.95. The third-order valence-corrected chi connectivity index (χ3v) is 6.00. The van der Waals surface area contributed by atoms with E-state index in [4.69, 9.17) is 9.47 Å². The Kier molecular flexibility index (Phi) is 6.37. The van der Waals surface area contributed by atoms with Gasteiger partial charge in [0.05, 0.1) is 0 Å². The maximum Gasteiger partial charge on any atom is 0.295 e. The van der Waals surface area contributed by atoms with E-state index < -0.39 is 10.1 Å². The molecule has 0 aliphatic heterocycles. The van der Waals surface area contributed by atoms with Gasteiger partial charge in [-0.2, -0.15) is 8.42 Å². The van der Waals surface area contributed by atoms with Crippen molar-refractivity contribution in [1.29, 1.82) is 0 Å². The van der Waals surface area contributed by atoms with Crippen LogP contribution < -0.4 is 4.74 Å². The van der Waals surface area contributed by atoms with Crippen molar-refractivity contribution in [2.75, 3.05) is 13.9 Å². The van der Waals surface area contributed by atoms with Crippen molar-refractivity contribution in [2.24, 2.45) is 0 Å². The van der Waals surface area contributed by atoms with Crippen molar-refractivity contribution < 1.29 is 22.4 Å². The van der Waals surface area contributed by atoms with E-state index in [1.807, 2.05) is 84.9 Å². The Morgan fingerprint density at radius 1 is 0.688 bits per heavy atom. The molecular weight excluding hydrogens is 424 g/mol. The molecule has 0 aliphatic carbocycles. The normalized spacial score (nSPS) is 11.3. The average molecular weight is 447 g/mol. The summed E-state index contributed by atoms with van der Waals surface area (Å²) in [6, 6.07) is 29.4. The predicted molar refractivity (Wildman–Crippen MR) is 125 cm³/mol. The molecule has 4 aromatic carbocycles. The van der Waals surface area contributed by atoms with Gasteiger partial charge >= 0.3 is 0 Å². The lowest BCUT2D eigenvalue weighted by molar-refractivity contribution is 0.0511. The quantitative estimate of drug-likeness (QED) is 0.282. The topological polar surface area (TPSA) is 72.8 Å². The number of hydrogen-bond donors (Lipinski definition) is 1. The smallest absolute Gasteiger partial charge is 0.295 e. The molecular formula is C26H22O5S. The third-order valence-electron chi connectivity index (χ3n) is 5.05. The molecule has 0 amide bonds. The molecule has 32 heavy (non-hydrogen) atoms. The fourth-order valence-electron chi connectivity index (χ4n) is 3.61. The molecule has 6 heteroatoms. The van der Waals surface area contributed by atoms with Crippen LogP contribution in [0.25, 0.3) is 33.4 Å². The summed E-state index contributed by atoms with van der Waals surface area (Å²) in [4.78, 5) is -0.112. The van der Waals surface area contributed by atoms with Gasteiger partial charge in [-0.25, -0.2) is 0 Å². The number of hydrogen-bond acceptors (Lipinski definition) is 4. The summed E-state index contributed by atoms with van der Waals surface area (Å²) >= 11 is 0. The molecule has 4 rings (SSSR count). The van der Waals surface area contributed by atoms with Crippen molar-refractivity contribution in [3.05, 3.63) is 97.1 Å². The lowest BCUT2D eigenvalue weighted by Gasteiger charge is -2.16. The second-order valence-electron chi connectivity index (χ2n) is 7.18. The van der Waals surface area contributed by atoms with Crippen LogP contribution in [0.15, 0.2) is 102 Å². The van der Waals surface area contributed by atoms with Crippen molar-refractivity contribution in [3.8, 4) is 39.1 Å². The molecule has 0 saturated carbocycles. The van der Waals surface area contributed by atoms with E-state index in [9.17, 15) is 13.0 Å². The van der Waals surface area contributed by atoms with Gasteiger partial charge in [0.2, 0.25) is 0 Å². The van der Waals surface area contributed by atoms with Gasteiger partial charge in [0.25, 0.3) is 10.1 Å². The molecule has 1 N–H and O–H groups in total. The molecule has 0 saturated heterocycles. The van der Waals surface area contributed by atoms with Crippen LogP contribution in [0.1, 0.15) is 0 Å². The first-order valence-corrected chi connectivity index (χ1v) is 11.4. The van der Waals surface area contributed by atoms with Crippen molar-refractivity contribution in [2.45, 2.75) is 4.90 Å². The molecule has 4 aromatic rings. The minimum Gasteiger partial charge on any atom is -0.468 e.